The molecule has 1 saturated heterocycles. The van der Waals surface area contributed by atoms with Gasteiger partial charge in [-0.1, -0.05) is 15.9 Å². The zero-order valence-corrected chi connectivity index (χ0v) is 11.4. The van der Waals surface area contributed by atoms with Gasteiger partial charge in [0.15, 0.2) is 5.03 Å². The van der Waals surface area contributed by atoms with Crippen LogP contribution in [0.15, 0.2) is 17.3 Å². The predicted molar refractivity (Wildman–Crippen MR) is 63.9 cm³/mol. The van der Waals surface area contributed by atoms with Gasteiger partial charge in [-0.2, -0.15) is 9.40 Å². The molecule has 1 aliphatic heterocycles. The van der Waals surface area contributed by atoms with E-state index >= 15 is 0 Å². The molecule has 1 aromatic heterocycles. The van der Waals surface area contributed by atoms with Gasteiger partial charge in [0.25, 0.3) is 10.0 Å². The van der Waals surface area contributed by atoms with E-state index in [9.17, 15) is 8.42 Å². The molecule has 1 aromatic rings. The largest absolute Gasteiger partial charge is 0.260 e. The van der Waals surface area contributed by atoms with Crippen molar-refractivity contribution in [3.8, 4) is 0 Å². The van der Waals surface area contributed by atoms with Gasteiger partial charge in [0.05, 0.1) is 6.20 Å². The quantitative estimate of drug-likeness (QED) is 0.782. The Morgan fingerprint density at radius 2 is 2.38 bits per heavy atom. The number of alkyl halides is 1. The maximum absolute atomic E-state index is 12.3. The van der Waals surface area contributed by atoms with E-state index < -0.39 is 10.0 Å². The number of halogens is 1. The Bertz CT molecular complexity index is 471. The molecule has 7 heteroatoms. The SMILES string of the molecule is Cn1nccc1S(=O)(=O)N1CCCC1CBr. The maximum atomic E-state index is 12.3. The molecule has 2 rings (SSSR count). The van der Waals surface area contributed by atoms with Crippen LogP contribution < -0.4 is 0 Å². The fourth-order valence-corrected chi connectivity index (χ4v) is 4.68. The first kappa shape index (κ1) is 12.1. The lowest BCUT2D eigenvalue weighted by Gasteiger charge is -2.22. The summed E-state index contributed by atoms with van der Waals surface area (Å²) in [5.41, 5.74) is 0. The number of sulfonamides is 1. The second kappa shape index (κ2) is 4.46. The van der Waals surface area contributed by atoms with Gasteiger partial charge < -0.3 is 0 Å². The van der Waals surface area contributed by atoms with E-state index in [0.717, 1.165) is 12.8 Å². The third kappa shape index (κ3) is 1.91. The van der Waals surface area contributed by atoms with Crippen molar-refractivity contribution < 1.29 is 8.42 Å². The van der Waals surface area contributed by atoms with Crippen LogP contribution in [0.4, 0.5) is 0 Å². The van der Waals surface area contributed by atoms with Gasteiger partial charge in [-0.25, -0.2) is 8.42 Å². The molecule has 0 aromatic carbocycles. The summed E-state index contributed by atoms with van der Waals surface area (Å²) in [6, 6.07) is 1.61. The Hall–Kier alpha value is -0.400. The van der Waals surface area contributed by atoms with Crippen molar-refractivity contribution in [2.45, 2.75) is 23.9 Å². The number of hydrogen-bond acceptors (Lipinski definition) is 3. The first-order valence-corrected chi connectivity index (χ1v) is 7.69. The number of aryl methyl sites for hydroxylation is 1. The van der Waals surface area contributed by atoms with Crippen LogP contribution in [0.3, 0.4) is 0 Å². The van der Waals surface area contributed by atoms with E-state index in [1.165, 1.54) is 10.9 Å². The Kier molecular flexibility index (Phi) is 3.37. The van der Waals surface area contributed by atoms with Gasteiger partial charge in [-0.3, -0.25) is 4.68 Å². The molecule has 16 heavy (non-hydrogen) atoms. The molecule has 0 spiro atoms. The molecule has 0 N–H and O–H groups in total. The van der Waals surface area contributed by atoms with Crippen LogP contribution in [0, 0.1) is 0 Å². The number of rotatable bonds is 3. The smallest absolute Gasteiger partial charge is 0.256 e. The zero-order chi connectivity index (χ0) is 11.8. The van der Waals surface area contributed by atoms with E-state index in [0.29, 0.717) is 11.9 Å². The normalized spacial score (nSPS) is 22.8. The minimum Gasteiger partial charge on any atom is -0.256 e. The lowest BCUT2D eigenvalue weighted by molar-refractivity contribution is 0.408. The Labute approximate surface area is 104 Å². The van der Waals surface area contributed by atoms with Gasteiger partial charge >= 0.3 is 0 Å². The molecule has 0 radical (unpaired) electrons. The minimum atomic E-state index is -3.38. The molecule has 1 fully saturated rings. The van der Waals surface area contributed by atoms with Crippen molar-refractivity contribution in [2.24, 2.45) is 7.05 Å². The molecule has 1 aliphatic rings. The van der Waals surface area contributed by atoms with Crippen LogP contribution in [0.5, 0.6) is 0 Å². The number of nitrogens with zero attached hydrogens (tertiary/aromatic N) is 3. The van der Waals surface area contributed by atoms with Gasteiger partial charge in [-0.05, 0) is 18.9 Å². The first-order valence-electron chi connectivity index (χ1n) is 5.13. The van der Waals surface area contributed by atoms with Crippen molar-refractivity contribution in [3.63, 3.8) is 0 Å². The van der Waals surface area contributed by atoms with Crippen molar-refractivity contribution in [3.05, 3.63) is 12.3 Å². The average molecular weight is 308 g/mol. The maximum Gasteiger partial charge on any atom is 0.260 e. The lowest BCUT2D eigenvalue weighted by Crippen LogP contribution is -2.37. The summed E-state index contributed by atoms with van der Waals surface area (Å²) in [5, 5.41) is 4.85. The number of hydrogen-bond donors (Lipinski definition) is 0. The monoisotopic (exact) mass is 307 g/mol. The van der Waals surface area contributed by atoms with Gasteiger partial charge in [0.1, 0.15) is 0 Å². The topological polar surface area (TPSA) is 55.2 Å². The molecular weight excluding hydrogens is 294 g/mol. The highest BCUT2D eigenvalue weighted by atomic mass is 79.9. The standard InChI is InChI=1S/C9H14BrN3O2S/c1-12-9(4-5-11-12)16(14,15)13-6-2-3-8(13)7-10/h4-5,8H,2-3,6-7H2,1H3. The summed E-state index contributed by atoms with van der Waals surface area (Å²) in [6.07, 6.45) is 3.35. The second-order valence-corrected chi connectivity index (χ2v) is 6.34. The summed E-state index contributed by atoms with van der Waals surface area (Å²) < 4.78 is 27.6. The third-order valence-electron chi connectivity index (χ3n) is 2.85. The molecule has 0 aliphatic carbocycles. The molecule has 90 valence electrons. The molecule has 0 bridgehead atoms. The number of aromatic nitrogens is 2. The van der Waals surface area contributed by atoms with E-state index in [2.05, 4.69) is 21.0 Å². The van der Waals surface area contributed by atoms with Crippen LogP contribution in [0.1, 0.15) is 12.8 Å². The average Bonchev–Trinajstić information content (AvgIpc) is 2.85. The van der Waals surface area contributed by atoms with Crippen molar-refractivity contribution in [1.29, 1.82) is 0 Å². The highest BCUT2D eigenvalue weighted by molar-refractivity contribution is 9.09. The fourth-order valence-electron chi connectivity index (χ4n) is 2.01. The van der Waals surface area contributed by atoms with E-state index in [1.807, 2.05) is 0 Å². The predicted octanol–water partition coefficient (Wildman–Crippen LogP) is 0.968. The Morgan fingerprint density at radius 1 is 1.62 bits per heavy atom. The lowest BCUT2D eigenvalue weighted by atomic mass is 10.3. The van der Waals surface area contributed by atoms with E-state index in [4.69, 9.17) is 0 Å². The van der Waals surface area contributed by atoms with Crippen molar-refractivity contribution >= 4 is 26.0 Å². The first-order chi connectivity index (χ1) is 7.57. The highest BCUT2D eigenvalue weighted by Gasteiger charge is 2.35. The Morgan fingerprint density at radius 3 is 2.94 bits per heavy atom. The minimum absolute atomic E-state index is 0.0694. The van der Waals surface area contributed by atoms with Crippen LogP contribution in [-0.2, 0) is 17.1 Å². The summed E-state index contributed by atoms with van der Waals surface area (Å²) in [4.78, 5) is 0. The van der Waals surface area contributed by atoms with Crippen molar-refractivity contribution in [1.82, 2.24) is 14.1 Å². The van der Waals surface area contributed by atoms with Crippen LogP contribution in [0.25, 0.3) is 0 Å². The van der Waals surface area contributed by atoms with Crippen LogP contribution in [0.2, 0.25) is 0 Å². The second-order valence-electron chi connectivity index (χ2n) is 3.86. The zero-order valence-electron chi connectivity index (χ0n) is 9.00. The summed E-state index contributed by atoms with van der Waals surface area (Å²) >= 11 is 3.36. The highest BCUT2D eigenvalue weighted by Crippen LogP contribution is 2.26. The molecule has 5 nitrogen and oxygen atoms in total. The summed E-state index contributed by atoms with van der Waals surface area (Å²) in [7, 11) is -1.74. The molecule has 1 unspecified atom stereocenters. The van der Waals surface area contributed by atoms with Crippen molar-refractivity contribution in [2.75, 3.05) is 11.9 Å². The van der Waals surface area contributed by atoms with E-state index in [1.54, 1.807) is 17.4 Å². The van der Waals surface area contributed by atoms with Crippen LogP contribution >= 0.6 is 15.9 Å². The molecule has 0 amide bonds. The fraction of sp³-hybridized carbons (Fsp3) is 0.667. The molecular formula is C9H14BrN3O2S. The van der Waals surface area contributed by atoms with Gasteiger partial charge in [-0.15, -0.1) is 0 Å². The Balaban J connectivity index is 2.36. The molecule has 1 atom stereocenters. The van der Waals surface area contributed by atoms with Gasteiger partial charge in [0, 0.05) is 25.0 Å². The molecule has 0 saturated carbocycles. The molecule has 2 heterocycles. The third-order valence-corrected chi connectivity index (χ3v) is 5.62. The van der Waals surface area contributed by atoms with Crippen LogP contribution in [-0.4, -0.2) is 40.4 Å². The van der Waals surface area contributed by atoms with E-state index in [-0.39, 0.29) is 11.1 Å². The summed E-state index contributed by atoms with van der Waals surface area (Å²) in [5.74, 6) is 0. The van der Waals surface area contributed by atoms with Gasteiger partial charge in [0.2, 0.25) is 0 Å². The summed E-state index contributed by atoms with van der Waals surface area (Å²) in [6.45, 7) is 0.601.